The molecule has 0 saturated carbocycles. The summed E-state index contributed by atoms with van der Waals surface area (Å²) in [5.41, 5.74) is 1.56. The number of hydrogen-bond donors (Lipinski definition) is 5. The first-order valence-corrected chi connectivity index (χ1v) is 10.9. The van der Waals surface area contributed by atoms with Gasteiger partial charge in [-0.1, -0.05) is 60.7 Å². The molecule has 9 nitrogen and oxygen atoms in total. The Bertz CT molecular complexity index is 942. The zero-order valence-corrected chi connectivity index (χ0v) is 19.0. The predicted octanol–water partition coefficient (Wildman–Crippen LogP) is 1.53. The maximum Gasteiger partial charge on any atom is 0.408 e. The summed E-state index contributed by atoms with van der Waals surface area (Å²) in [6.07, 6.45) is -0.658. The van der Waals surface area contributed by atoms with Crippen molar-refractivity contribution >= 4 is 36.5 Å². The minimum atomic E-state index is -1.24. The molecule has 0 aliphatic rings. The average Bonchev–Trinajstić information content (AvgIpc) is 2.81. The average molecular weight is 474 g/mol. The maximum atomic E-state index is 12.7. The van der Waals surface area contributed by atoms with Crippen molar-refractivity contribution in [1.82, 2.24) is 16.0 Å². The molecule has 0 aliphatic heterocycles. The number of hydrogen-bond acceptors (Lipinski definition) is 6. The minimum Gasteiger partial charge on any atom is -0.480 e. The number of nitrogens with one attached hydrogen (secondary N) is 3. The molecule has 0 heterocycles. The van der Waals surface area contributed by atoms with Crippen LogP contribution in [0.1, 0.15) is 18.1 Å². The lowest BCUT2D eigenvalue weighted by Gasteiger charge is -2.23. The van der Waals surface area contributed by atoms with Crippen LogP contribution in [-0.2, 0) is 32.1 Å². The Morgan fingerprint density at radius 2 is 1.39 bits per heavy atom. The van der Waals surface area contributed by atoms with Crippen molar-refractivity contribution in [1.29, 1.82) is 0 Å². The smallest absolute Gasteiger partial charge is 0.408 e. The first-order chi connectivity index (χ1) is 15.8. The number of alkyl carbamates (subject to hydrolysis) is 1. The third kappa shape index (κ3) is 8.85. The Labute approximate surface area is 197 Å². The van der Waals surface area contributed by atoms with E-state index in [9.17, 15) is 24.3 Å². The monoisotopic (exact) mass is 473 g/mol. The van der Waals surface area contributed by atoms with Crippen LogP contribution in [0, 0.1) is 0 Å². The number of carbonyl (C=O) groups is 4. The molecule has 0 saturated heterocycles. The number of carbonyl (C=O) groups excluding carboxylic acids is 3. The van der Waals surface area contributed by atoms with E-state index in [1.54, 1.807) is 36.4 Å². The Kier molecular flexibility index (Phi) is 10.2. The Morgan fingerprint density at radius 1 is 0.848 bits per heavy atom. The normalized spacial score (nSPS) is 13.2. The summed E-state index contributed by atoms with van der Waals surface area (Å²) in [7, 11) is 0. The topological polar surface area (TPSA) is 134 Å². The van der Waals surface area contributed by atoms with Crippen LogP contribution < -0.4 is 16.0 Å². The van der Waals surface area contributed by atoms with Gasteiger partial charge in [0, 0.05) is 12.2 Å². The fourth-order valence-electron chi connectivity index (χ4n) is 2.82. The van der Waals surface area contributed by atoms with Gasteiger partial charge in [-0.15, -0.1) is 0 Å². The quantitative estimate of drug-likeness (QED) is 0.314. The first kappa shape index (κ1) is 25.7. The van der Waals surface area contributed by atoms with Gasteiger partial charge >= 0.3 is 12.1 Å². The number of carboxylic acid groups (broad SMARTS) is 1. The van der Waals surface area contributed by atoms with Crippen LogP contribution in [0.2, 0.25) is 0 Å². The van der Waals surface area contributed by atoms with E-state index >= 15 is 0 Å². The highest BCUT2D eigenvalue weighted by Crippen LogP contribution is 2.05. The van der Waals surface area contributed by atoms with Crippen LogP contribution in [0.3, 0.4) is 0 Å². The Balaban J connectivity index is 1.99. The van der Waals surface area contributed by atoms with E-state index in [-0.39, 0.29) is 18.8 Å². The summed E-state index contributed by atoms with van der Waals surface area (Å²) in [4.78, 5) is 48.7. The first-order valence-electron chi connectivity index (χ1n) is 10.3. The minimum absolute atomic E-state index is 0.0420. The predicted molar refractivity (Wildman–Crippen MR) is 125 cm³/mol. The van der Waals surface area contributed by atoms with Crippen molar-refractivity contribution in [3.05, 3.63) is 71.8 Å². The summed E-state index contributed by atoms with van der Waals surface area (Å²) in [6.45, 7) is 1.49. The highest BCUT2D eigenvalue weighted by molar-refractivity contribution is 7.80. The molecule has 0 radical (unpaired) electrons. The van der Waals surface area contributed by atoms with Crippen LogP contribution in [0.4, 0.5) is 4.79 Å². The van der Waals surface area contributed by atoms with Crippen LogP contribution in [-0.4, -0.2) is 52.9 Å². The zero-order valence-electron chi connectivity index (χ0n) is 18.1. The van der Waals surface area contributed by atoms with Gasteiger partial charge in [0.2, 0.25) is 11.8 Å². The molecule has 33 heavy (non-hydrogen) atoms. The van der Waals surface area contributed by atoms with Crippen molar-refractivity contribution < 1.29 is 29.0 Å². The number of thiol groups is 1. The lowest BCUT2D eigenvalue weighted by Crippen LogP contribution is -2.56. The lowest BCUT2D eigenvalue weighted by atomic mass is 10.0. The molecule has 3 amide bonds. The summed E-state index contributed by atoms with van der Waals surface area (Å²) in [6, 6.07) is 14.7. The molecule has 0 fully saturated rings. The van der Waals surface area contributed by atoms with E-state index in [4.69, 9.17) is 4.74 Å². The van der Waals surface area contributed by atoms with Crippen molar-refractivity contribution in [3.8, 4) is 0 Å². The number of carboxylic acids is 1. The van der Waals surface area contributed by atoms with Gasteiger partial charge in [-0.3, -0.25) is 9.59 Å². The second kappa shape index (κ2) is 13.1. The molecular weight excluding hydrogens is 446 g/mol. The van der Waals surface area contributed by atoms with Gasteiger partial charge in [-0.25, -0.2) is 9.59 Å². The highest BCUT2D eigenvalue weighted by Gasteiger charge is 2.28. The summed E-state index contributed by atoms with van der Waals surface area (Å²) in [5.74, 6) is -2.65. The lowest BCUT2D eigenvalue weighted by molar-refractivity contribution is -0.141. The van der Waals surface area contributed by atoms with Crippen molar-refractivity contribution in [2.75, 3.05) is 5.75 Å². The molecule has 176 valence electrons. The third-order valence-corrected chi connectivity index (χ3v) is 5.02. The van der Waals surface area contributed by atoms with Gasteiger partial charge in [0.05, 0.1) is 0 Å². The Hall–Kier alpha value is -3.53. The van der Waals surface area contributed by atoms with E-state index in [1.165, 1.54) is 6.92 Å². The third-order valence-electron chi connectivity index (χ3n) is 4.65. The fourth-order valence-corrected chi connectivity index (χ4v) is 3.07. The van der Waals surface area contributed by atoms with Gasteiger partial charge in [-0.2, -0.15) is 12.6 Å². The van der Waals surface area contributed by atoms with Crippen molar-refractivity contribution in [3.63, 3.8) is 0 Å². The molecule has 0 spiro atoms. The van der Waals surface area contributed by atoms with Gasteiger partial charge in [-0.05, 0) is 18.1 Å². The molecule has 0 unspecified atom stereocenters. The SMILES string of the molecule is C[C@H](NC(=O)OCc1ccccc1)C(=O)N[C@@H](Cc1ccccc1)C(=O)N[C@@H](CS)C(=O)O. The van der Waals surface area contributed by atoms with Crippen molar-refractivity contribution in [2.45, 2.75) is 38.1 Å². The largest absolute Gasteiger partial charge is 0.480 e. The molecule has 0 aliphatic carbocycles. The number of rotatable bonds is 11. The van der Waals surface area contributed by atoms with Gasteiger partial charge in [0.25, 0.3) is 0 Å². The Morgan fingerprint density at radius 3 is 1.94 bits per heavy atom. The van der Waals surface area contributed by atoms with Crippen LogP contribution >= 0.6 is 12.6 Å². The van der Waals surface area contributed by atoms with E-state index in [0.717, 1.165) is 11.1 Å². The molecule has 0 bridgehead atoms. The molecule has 0 aromatic heterocycles. The van der Waals surface area contributed by atoms with Crippen LogP contribution in [0.25, 0.3) is 0 Å². The summed E-state index contributed by atoms with van der Waals surface area (Å²) in [5, 5.41) is 16.5. The molecule has 2 aromatic rings. The second-order valence-electron chi connectivity index (χ2n) is 7.26. The van der Waals surface area contributed by atoms with E-state index in [0.29, 0.717) is 0 Å². The highest BCUT2D eigenvalue weighted by atomic mass is 32.1. The number of aliphatic carboxylic acids is 1. The van der Waals surface area contributed by atoms with E-state index in [1.807, 2.05) is 24.3 Å². The molecule has 2 aromatic carbocycles. The molecule has 4 N–H and O–H groups in total. The standard InChI is InChI=1S/C23H27N3O6S/c1-15(24-23(31)32-13-17-10-6-3-7-11-17)20(27)25-18(12-16-8-4-2-5-9-16)21(28)26-19(14-33)22(29)30/h2-11,15,18-19,33H,12-14H2,1H3,(H,24,31)(H,25,27)(H,26,28)(H,29,30)/t15-,18-,19-/m0/s1. The molecule has 10 heteroatoms. The molecule has 3 atom stereocenters. The second-order valence-corrected chi connectivity index (χ2v) is 7.63. The van der Waals surface area contributed by atoms with E-state index in [2.05, 4.69) is 28.6 Å². The van der Waals surface area contributed by atoms with E-state index < -0.39 is 42.0 Å². The zero-order chi connectivity index (χ0) is 24.2. The number of benzene rings is 2. The fraction of sp³-hybridized carbons (Fsp3) is 0.304. The summed E-state index contributed by atoms with van der Waals surface area (Å²) < 4.78 is 5.11. The van der Waals surface area contributed by atoms with Crippen LogP contribution in [0.15, 0.2) is 60.7 Å². The van der Waals surface area contributed by atoms with Crippen molar-refractivity contribution in [2.24, 2.45) is 0 Å². The van der Waals surface area contributed by atoms with Gasteiger partial charge in [0.1, 0.15) is 24.7 Å². The van der Waals surface area contributed by atoms with Gasteiger partial charge < -0.3 is 25.8 Å². The molecular formula is C23H27N3O6S. The van der Waals surface area contributed by atoms with Crippen LogP contribution in [0.5, 0.6) is 0 Å². The summed E-state index contributed by atoms with van der Waals surface area (Å²) >= 11 is 3.94. The molecule has 2 rings (SSSR count). The number of ether oxygens (including phenoxy) is 1. The maximum absolute atomic E-state index is 12.7. The number of amides is 3. The van der Waals surface area contributed by atoms with Gasteiger partial charge in [0.15, 0.2) is 0 Å².